The van der Waals surface area contributed by atoms with Gasteiger partial charge in [0, 0.05) is 32.6 Å². The van der Waals surface area contributed by atoms with Crippen LogP contribution in [0.1, 0.15) is 42.4 Å². The van der Waals surface area contributed by atoms with Crippen LogP contribution in [0.25, 0.3) is 10.9 Å². The summed E-state index contributed by atoms with van der Waals surface area (Å²) in [6, 6.07) is 11.9. The van der Waals surface area contributed by atoms with Gasteiger partial charge in [-0.1, -0.05) is 29.8 Å². The standard InChI is InChI=1S/C27H37N5O2S/c1-18-14-19(2)25(20(3)15-18)35(33,34)29-17-22-12-10-21(11-13-22)16-28-27-30-24-9-7-6-8-23(24)26(31-27)32(4)5/h6-9,14-15,21-22,29H,10-13,16-17H2,1-5H3,(H,28,30,31)/t21-,22-. The van der Waals surface area contributed by atoms with E-state index in [0.717, 1.165) is 65.6 Å². The zero-order valence-corrected chi connectivity index (χ0v) is 22.2. The third-order valence-corrected chi connectivity index (χ3v) is 8.69. The van der Waals surface area contributed by atoms with Crippen LogP contribution in [0.2, 0.25) is 0 Å². The van der Waals surface area contributed by atoms with Crippen LogP contribution in [-0.2, 0) is 10.0 Å². The molecular weight excluding hydrogens is 458 g/mol. The Balaban J connectivity index is 1.31. The molecule has 1 aromatic heterocycles. The van der Waals surface area contributed by atoms with Gasteiger partial charge in [-0.2, -0.15) is 4.98 Å². The molecule has 0 unspecified atom stereocenters. The van der Waals surface area contributed by atoms with Crippen LogP contribution < -0.4 is 14.9 Å². The van der Waals surface area contributed by atoms with Gasteiger partial charge in [0.1, 0.15) is 5.82 Å². The zero-order chi connectivity index (χ0) is 25.2. The fourth-order valence-electron chi connectivity index (χ4n) is 5.25. The molecule has 2 aromatic carbocycles. The summed E-state index contributed by atoms with van der Waals surface area (Å²) in [4.78, 5) is 11.9. The van der Waals surface area contributed by atoms with Crippen molar-refractivity contribution in [3.05, 3.63) is 53.1 Å². The number of nitrogens with zero attached hydrogens (tertiary/aromatic N) is 3. The topological polar surface area (TPSA) is 87.2 Å². The lowest BCUT2D eigenvalue weighted by atomic mass is 9.82. The lowest BCUT2D eigenvalue weighted by Crippen LogP contribution is -2.33. The molecule has 0 aliphatic heterocycles. The number of nitrogens with one attached hydrogen (secondary N) is 2. The number of sulfonamides is 1. The van der Waals surface area contributed by atoms with Crippen molar-refractivity contribution in [1.82, 2.24) is 14.7 Å². The average Bonchev–Trinajstić information content (AvgIpc) is 2.80. The number of aryl methyl sites for hydroxylation is 3. The third kappa shape index (κ3) is 5.93. The Bertz CT molecular complexity index is 1280. The molecule has 0 bridgehead atoms. The van der Waals surface area contributed by atoms with Crippen molar-refractivity contribution >= 4 is 32.7 Å². The summed E-state index contributed by atoms with van der Waals surface area (Å²) in [7, 11) is 0.482. The molecular formula is C27H37N5O2S. The van der Waals surface area contributed by atoms with Gasteiger partial charge < -0.3 is 10.2 Å². The van der Waals surface area contributed by atoms with Gasteiger partial charge in [-0.05, 0) is 81.5 Å². The van der Waals surface area contributed by atoms with E-state index in [2.05, 4.69) is 10.0 Å². The van der Waals surface area contributed by atoms with Gasteiger partial charge >= 0.3 is 0 Å². The van der Waals surface area contributed by atoms with E-state index in [1.54, 1.807) is 0 Å². The number of aromatic nitrogens is 2. The summed E-state index contributed by atoms with van der Waals surface area (Å²) in [5.74, 6) is 2.46. The summed E-state index contributed by atoms with van der Waals surface area (Å²) in [5.41, 5.74) is 3.62. The quantitative estimate of drug-likeness (QED) is 0.466. The van der Waals surface area contributed by atoms with Gasteiger partial charge in [-0.15, -0.1) is 0 Å². The predicted octanol–water partition coefficient (Wildman–Crippen LogP) is 4.82. The molecule has 8 heteroatoms. The summed E-state index contributed by atoms with van der Waals surface area (Å²) >= 11 is 0. The summed E-state index contributed by atoms with van der Waals surface area (Å²) in [6.45, 7) is 7.05. The zero-order valence-electron chi connectivity index (χ0n) is 21.4. The smallest absolute Gasteiger partial charge is 0.241 e. The van der Waals surface area contributed by atoms with Crippen LogP contribution in [-0.4, -0.2) is 45.6 Å². The molecule has 4 rings (SSSR count). The molecule has 1 heterocycles. The molecule has 0 amide bonds. The van der Waals surface area contributed by atoms with Crippen molar-refractivity contribution in [3.8, 4) is 0 Å². The normalized spacial score (nSPS) is 18.5. The fraction of sp³-hybridized carbons (Fsp3) is 0.481. The molecule has 0 saturated heterocycles. The molecule has 1 fully saturated rings. The molecule has 0 radical (unpaired) electrons. The molecule has 188 valence electrons. The lowest BCUT2D eigenvalue weighted by molar-refractivity contribution is 0.284. The number of para-hydroxylation sites is 1. The Hall–Kier alpha value is -2.71. The van der Waals surface area contributed by atoms with Crippen LogP contribution >= 0.6 is 0 Å². The van der Waals surface area contributed by atoms with Crippen molar-refractivity contribution in [2.45, 2.75) is 51.3 Å². The first-order valence-corrected chi connectivity index (χ1v) is 13.9. The average molecular weight is 496 g/mol. The summed E-state index contributed by atoms with van der Waals surface area (Å²) in [5, 5.41) is 4.49. The van der Waals surface area contributed by atoms with Crippen LogP contribution in [0.15, 0.2) is 41.3 Å². The summed E-state index contributed by atoms with van der Waals surface area (Å²) < 4.78 is 28.8. The van der Waals surface area contributed by atoms with E-state index in [0.29, 0.717) is 29.2 Å². The molecule has 35 heavy (non-hydrogen) atoms. The number of fused-ring (bicyclic) bond motifs is 1. The van der Waals surface area contributed by atoms with E-state index in [9.17, 15) is 8.42 Å². The summed E-state index contributed by atoms with van der Waals surface area (Å²) in [6.07, 6.45) is 4.16. The van der Waals surface area contributed by atoms with Crippen LogP contribution in [0.3, 0.4) is 0 Å². The minimum Gasteiger partial charge on any atom is -0.362 e. The minimum atomic E-state index is -3.51. The molecule has 1 aliphatic carbocycles. The highest BCUT2D eigenvalue weighted by molar-refractivity contribution is 7.89. The second kappa shape index (κ2) is 10.5. The maximum Gasteiger partial charge on any atom is 0.241 e. The first-order chi connectivity index (χ1) is 16.6. The van der Waals surface area contributed by atoms with E-state index < -0.39 is 10.0 Å². The molecule has 0 spiro atoms. The van der Waals surface area contributed by atoms with Gasteiger partial charge in [-0.25, -0.2) is 18.1 Å². The maximum absolute atomic E-state index is 13.0. The van der Waals surface area contributed by atoms with Crippen molar-refractivity contribution in [3.63, 3.8) is 0 Å². The third-order valence-electron chi connectivity index (χ3n) is 6.96. The highest BCUT2D eigenvalue weighted by atomic mass is 32.2. The number of benzene rings is 2. The van der Waals surface area contributed by atoms with E-state index in [4.69, 9.17) is 9.97 Å². The van der Waals surface area contributed by atoms with Gasteiger partial charge in [-0.3, -0.25) is 0 Å². The van der Waals surface area contributed by atoms with Gasteiger partial charge in [0.05, 0.1) is 10.4 Å². The molecule has 1 saturated carbocycles. The molecule has 2 N–H and O–H groups in total. The second-order valence-electron chi connectivity index (χ2n) is 10.1. The second-order valence-corrected chi connectivity index (χ2v) is 11.8. The SMILES string of the molecule is Cc1cc(C)c(S(=O)(=O)NC[C@H]2CC[C@H](CNc3nc(N(C)C)c4ccccc4n3)CC2)c(C)c1. The number of rotatable bonds is 8. The van der Waals surface area contributed by atoms with Crippen molar-refractivity contribution in [1.29, 1.82) is 0 Å². The van der Waals surface area contributed by atoms with Crippen molar-refractivity contribution in [2.24, 2.45) is 11.8 Å². The van der Waals surface area contributed by atoms with Gasteiger partial charge in [0.15, 0.2) is 0 Å². The molecule has 7 nitrogen and oxygen atoms in total. The van der Waals surface area contributed by atoms with Crippen molar-refractivity contribution in [2.75, 3.05) is 37.4 Å². The largest absolute Gasteiger partial charge is 0.362 e. The Morgan fingerprint density at radius 1 is 0.914 bits per heavy atom. The lowest BCUT2D eigenvalue weighted by Gasteiger charge is -2.29. The number of hydrogen-bond acceptors (Lipinski definition) is 6. The van der Waals surface area contributed by atoms with Crippen LogP contribution in [0, 0.1) is 32.6 Å². The van der Waals surface area contributed by atoms with E-state index in [-0.39, 0.29) is 0 Å². The van der Waals surface area contributed by atoms with E-state index in [1.807, 2.05) is 76.2 Å². The van der Waals surface area contributed by atoms with Gasteiger partial charge in [0.25, 0.3) is 0 Å². The Morgan fingerprint density at radius 3 is 2.14 bits per heavy atom. The highest BCUT2D eigenvalue weighted by Crippen LogP contribution is 2.30. The predicted molar refractivity (Wildman–Crippen MR) is 144 cm³/mol. The van der Waals surface area contributed by atoms with Crippen molar-refractivity contribution < 1.29 is 8.42 Å². The number of anilines is 2. The Labute approximate surface area is 209 Å². The maximum atomic E-state index is 13.0. The van der Waals surface area contributed by atoms with E-state index in [1.165, 1.54) is 0 Å². The number of hydrogen-bond donors (Lipinski definition) is 2. The van der Waals surface area contributed by atoms with Crippen LogP contribution in [0.5, 0.6) is 0 Å². The monoisotopic (exact) mass is 495 g/mol. The first-order valence-electron chi connectivity index (χ1n) is 12.4. The Kier molecular flexibility index (Phi) is 7.62. The fourth-order valence-corrected chi connectivity index (χ4v) is 6.81. The first kappa shape index (κ1) is 25.4. The minimum absolute atomic E-state index is 0.365. The molecule has 1 aliphatic rings. The molecule has 3 aromatic rings. The van der Waals surface area contributed by atoms with Crippen LogP contribution in [0.4, 0.5) is 11.8 Å². The van der Waals surface area contributed by atoms with E-state index >= 15 is 0 Å². The van der Waals surface area contributed by atoms with Gasteiger partial charge in [0.2, 0.25) is 16.0 Å². The molecule has 0 atom stereocenters. The Morgan fingerprint density at radius 2 is 1.51 bits per heavy atom. The highest BCUT2D eigenvalue weighted by Gasteiger charge is 2.25.